The van der Waals surface area contributed by atoms with E-state index in [1.807, 2.05) is 32.7 Å². The maximum Gasteiger partial charge on any atom is 0.319 e. The van der Waals surface area contributed by atoms with Crippen LogP contribution in [0, 0.1) is 28.4 Å². The van der Waals surface area contributed by atoms with Gasteiger partial charge in [0.05, 0.1) is 24.4 Å². The number of halogens is 3. The third-order valence-corrected chi connectivity index (χ3v) is 12.0. The van der Waals surface area contributed by atoms with Gasteiger partial charge in [-0.05, 0) is 70.4 Å². The van der Waals surface area contributed by atoms with Crippen molar-refractivity contribution in [3.63, 3.8) is 0 Å². The van der Waals surface area contributed by atoms with E-state index in [0.29, 0.717) is 43.9 Å². The Morgan fingerprint density at radius 2 is 1.68 bits per heavy atom. The highest BCUT2D eigenvalue weighted by atomic mass is 35.5. The van der Waals surface area contributed by atoms with Crippen molar-refractivity contribution >= 4 is 42.8 Å². The average molecular weight is 700 g/mol. The van der Waals surface area contributed by atoms with Crippen LogP contribution < -0.4 is 5.32 Å². The van der Waals surface area contributed by atoms with Gasteiger partial charge in [0.2, 0.25) is 5.91 Å². The van der Waals surface area contributed by atoms with Crippen molar-refractivity contribution in [1.29, 1.82) is 0 Å². The molecular weight excluding hydrogens is 642 g/mol. The highest BCUT2D eigenvalue weighted by Crippen LogP contribution is 2.44. The van der Waals surface area contributed by atoms with Gasteiger partial charge in [-0.3, -0.25) is 19.0 Å². The summed E-state index contributed by atoms with van der Waals surface area (Å²) in [7, 11) is 1.83. The van der Waals surface area contributed by atoms with Crippen molar-refractivity contribution in [1.82, 2.24) is 15.1 Å². The topological polar surface area (TPSA) is 69.7 Å². The van der Waals surface area contributed by atoms with Crippen molar-refractivity contribution in [2.75, 3.05) is 39.0 Å². The Morgan fingerprint density at radius 3 is 2.21 bits per heavy atom. The van der Waals surface area contributed by atoms with E-state index in [9.17, 15) is 14.0 Å². The van der Waals surface area contributed by atoms with E-state index in [-0.39, 0.29) is 57.6 Å². The van der Waals surface area contributed by atoms with Gasteiger partial charge in [-0.2, -0.15) is 12.6 Å². The van der Waals surface area contributed by atoms with Crippen LogP contribution in [0.15, 0.2) is 18.2 Å². The van der Waals surface area contributed by atoms with Crippen molar-refractivity contribution in [3.05, 3.63) is 35.4 Å². The van der Waals surface area contributed by atoms with E-state index in [0.717, 1.165) is 31.7 Å². The monoisotopic (exact) mass is 699 g/mol. The molecule has 11 heteroatoms. The van der Waals surface area contributed by atoms with Crippen LogP contribution in [0.2, 0.25) is 0 Å². The van der Waals surface area contributed by atoms with E-state index < -0.39 is 34.9 Å². The number of nitrogens with zero attached hydrogens (tertiary/aromatic N) is 3. The van der Waals surface area contributed by atoms with E-state index in [4.69, 9.17) is 0 Å². The quantitative estimate of drug-likeness (QED) is 0.251. The van der Waals surface area contributed by atoms with Crippen LogP contribution >= 0.6 is 25.0 Å². The van der Waals surface area contributed by atoms with Gasteiger partial charge in [-0.25, -0.2) is 13.6 Å². The Kier molecular flexibility index (Phi) is 12.3. The Hall–Kier alpha value is -1.75. The number of nitrogens with one attached hydrogen (secondary N) is 1. The van der Waals surface area contributed by atoms with E-state index in [2.05, 4.69) is 57.5 Å². The zero-order valence-electron chi connectivity index (χ0n) is 29.9. The lowest BCUT2D eigenvalue weighted by Gasteiger charge is -2.45. The molecule has 266 valence electrons. The Bertz CT molecular complexity index is 1310. The number of benzene rings is 1. The molecule has 3 aliphatic rings. The zero-order valence-corrected chi connectivity index (χ0v) is 31.6. The number of amides is 3. The summed E-state index contributed by atoms with van der Waals surface area (Å²) in [5.74, 6) is -2.39. The summed E-state index contributed by atoms with van der Waals surface area (Å²) in [4.78, 5) is 47.4. The minimum Gasteiger partial charge on any atom is -0.351 e. The molecule has 1 aromatic rings. The molecule has 2 heterocycles. The van der Waals surface area contributed by atoms with E-state index >= 15 is 9.18 Å². The summed E-state index contributed by atoms with van der Waals surface area (Å²) in [6.45, 7) is 18.0. The second-order valence-corrected chi connectivity index (χ2v) is 17.0. The lowest BCUT2D eigenvalue weighted by molar-refractivity contribution is -0.840. The van der Waals surface area contributed by atoms with Crippen molar-refractivity contribution < 1.29 is 27.6 Å². The molecule has 0 radical (unpaired) electrons. The number of hydrogen-bond acceptors (Lipinski definition) is 5. The van der Waals surface area contributed by atoms with Crippen LogP contribution in [0.1, 0.15) is 99.0 Å². The molecule has 1 aliphatic carbocycles. The molecular formula is C36H58ClF2N4O3S+. The van der Waals surface area contributed by atoms with Gasteiger partial charge in [0.1, 0.15) is 18.2 Å². The minimum atomic E-state index is -0.711. The number of carbonyl (C=O) groups is 3. The lowest BCUT2D eigenvalue weighted by atomic mass is 9.74. The molecule has 1 unspecified atom stereocenters. The molecule has 47 heavy (non-hydrogen) atoms. The van der Waals surface area contributed by atoms with Crippen LogP contribution in [0.5, 0.6) is 0 Å². The predicted octanol–water partition coefficient (Wildman–Crippen LogP) is 6.20. The van der Waals surface area contributed by atoms with Crippen LogP contribution in [0.25, 0.3) is 0 Å². The van der Waals surface area contributed by atoms with E-state index in [1.165, 1.54) is 12.1 Å². The number of thiol groups is 1. The Labute approximate surface area is 293 Å². The van der Waals surface area contributed by atoms with Crippen molar-refractivity contribution in [2.45, 2.75) is 117 Å². The van der Waals surface area contributed by atoms with Crippen LogP contribution in [0.4, 0.5) is 8.78 Å². The number of carbonyl (C=O) groups excluding carboxylic acids is 3. The largest absolute Gasteiger partial charge is 0.351 e. The molecule has 4 rings (SSSR count). The maximum atomic E-state index is 15.3. The highest BCUT2D eigenvalue weighted by molar-refractivity contribution is 7.80. The number of quaternary nitrogens is 1. The summed E-state index contributed by atoms with van der Waals surface area (Å²) >= 11 is 4.54. The predicted molar refractivity (Wildman–Crippen MR) is 189 cm³/mol. The first-order chi connectivity index (χ1) is 21.3. The number of likely N-dealkylation sites (N-methyl/N-ethyl adjacent to an activating group) is 2. The summed E-state index contributed by atoms with van der Waals surface area (Å²) in [6.07, 6.45) is 4.10. The molecule has 1 saturated carbocycles. The van der Waals surface area contributed by atoms with Gasteiger partial charge in [0, 0.05) is 55.4 Å². The first kappa shape index (κ1) is 39.7. The van der Waals surface area contributed by atoms with Gasteiger partial charge in [-0.15, -0.1) is 12.4 Å². The molecule has 3 amide bonds. The summed E-state index contributed by atoms with van der Waals surface area (Å²) in [5.41, 5.74) is -0.473. The fourth-order valence-electron chi connectivity index (χ4n) is 8.04. The van der Waals surface area contributed by atoms with Crippen LogP contribution in [-0.2, 0) is 14.4 Å². The number of rotatable bonds is 8. The second-order valence-electron chi connectivity index (χ2n) is 16.7. The molecule has 0 bridgehead atoms. The molecule has 0 spiro atoms. The molecule has 1 aromatic carbocycles. The molecule has 2 aliphatic heterocycles. The first-order valence-corrected chi connectivity index (χ1v) is 17.7. The molecule has 7 nitrogen and oxygen atoms in total. The SMILES string of the molecule is CCNC(=O)[C@@H]1C[C@H](N(C(=O)C(C)(C)CS)C2CCC(C)(C)CC2)C[N+]1(C)C(=O)[C@@H]1CN(C(C)(C)C)C[C@H]1c1ccc(F)cc1F.Cl. The molecule has 5 atom stereocenters. The highest BCUT2D eigenvalue weighted by Gasteiger charge is 2.60. The minimum absolute atomic E-state index is 0. The normalized spacial score (nSPS) is 28.5. The standard InChI is InChI=1S/C36H56F2N4O3S.ClH/c1-10-39-31(43)30-18-25(41(33(45)36(7,8)22-46)24-13-15-35(5,6)16-14-24)21-42(30,9)32(44)28-20-40(34(2,3)4)19-27(28)26-12-11-23(37)17-29(26)38;/h11-12,17,24-25,27-28,30H,10,13-16,18-22H2,1-9H3,(H-,39,43,46);1H/p+1/t25-,27-,28+,30-,42?;/m0./s1. The molecule has 1 N–H and O–H groups in total. The van der Waals surface area contributed by atoms with Gasteiger partial charge in [-0.1, -0.05) is 33.8 Å². The zero-order chi connectivity index (χ0) is 34.4. The fourth-order valence-corrected chi connectivity index (χ4v) is 8.18. The van der Waals surface area contributed by atoms with Crippen LogP contribution in [-0.4, -0.2) is 94.6 Å². The third kappa shape index (κ3) is 8.18. The first-order valence-electron chi connectivity index (χ1n) is 17.1. The molecule has 3 fully saturated rings. The summed E-state index contributed by atoms with van der Waals surface area (Å²) < 4.78 is 29.1. The van der Waals surface area contributed by atoms with Crippen molar-refractivity contribution in [3.8, 4) is 0 Å². The fraction of sp³-hybridized carbons (Fsp3) is 0.750. The van der Waals surface area contributed by atoms with Gasteiger partial charge in [0.15, 0.2) is 6.04 Å². The number of hydrogen-bond donors (Lipinski definition) is 2. The number of likely N-dealkylation sites (tertiary alicyclic amines) is 2. The van der Waals surface area contributed by atoms with Gasteiger partial charge >= 0.3 is 5.91 Å². The van der Waals surface area contributed by atoms with Crippen molar-refractivity contribution in [2.24, 2.45) is 16.7 Å². The molecule has 0 aromatic heterocycles. The van der Waals surface area contributed by atoms with Gasteiger partial charge in [0.25, 0.3) is 5.91 Å². The summed E-state index contributed by atoms with van der Waals surface area (Å²) in [5, 5.41) is 2.97. The summed E-state index contributed by atoms with van der Waals surface area (Å²) in [6, 6.07) is 2.59. The smallest absolute Gasteiger partial charge is 0.319 e. The van der Waals surface area contributed by atoms with Gasteiger partial charge < -0.3 is 10.2 Å². The maximum absolute atomic E-state index is 15.3. The van der Waals surface area contributed by atoms with E-state index in [1.54, 1.807) is 0 Å². The average Bonchev–Trinajstić information content (AvgIpc) is 3.56. The third-order valence-electron chi connectivity index (χ3n) is 11.2. The van der Waals surface area contributed by atoms with Crippen LogP contribution in [0.3, 0.4) is 0 Å². The Balaban J connectivity index is 0.00000600. The lowest BCUT2D eigenvalue weighted by Crippen LogP contribution is -2.62. The molecule has 2 saturated heterocycles. The Morgan fingerprint density at radius 1 is 1.06 bits per heavy atom. The second kappa shape index (κ2) is 14.6.